The Morgan fingerprint density at radius 2 is 1.79 bits per heavy atom. The first kappa shape index (κ1) is 21.8. The van der Waals surface area contributed by atoms with Crippen LogP contribution in [0.25, 0.3) is 0 Å². The van der Waals surface area contributed by atoms with Crippen LogP contribution in [0.2, 0.25) is 0 Å². The molecular weight excluding hydrogens is 356 g/mol. The van der Waals surface area contributed by atoms with Gasteiger partial charge in [0, 0.05) is 43.5 Å². The first-order valence-corrected chi connectivity index (χ1v) is 9.88. The fourth-order valence-corrected chi connectivity index (χ4v) is 3.22. The molecule has 0 aromatic heterocycles. The van der Waals surface area contributed by atoms with Gasteiger partial charge in [0.1, 0.15) is 12.4 Å². The Morgan fingerprint density at radius 3 is 2.46 bits per heavy atom. The third kappa shape index (κ3) is 6.93. The fraction of sp³-hybridized carbons (Fsp3) is 0.500. The van der Waals surface area contributed by atoms with Gasteiger partial charge in [0.15, 0.2) is 5.78 Å². The number of carbonyl (C=O) groups is 3. The highest BCUT2D eigenvalue weighted by molar-refractivity contribution is 6.09. The summed E-state index contributed by atoms with van der Waals surface area (Å²) in [5, 5.41) is 5.95. The molecule has 0 spiro atoms. The minimum Gasteiger partial charge on any atom is -0.391 e. The van der Waals surface area contributed by atoms with Gasteiger partial charge in [-0.2, -0.15) is 0 Å². The molecule has 1 aliphatic carbocycles. The number of rotatable bonds is 11. The van der Waals surface area contributed by atoms with Crippen LogP contribution >= 0.6 is 0 Å². The van der Waals surface area contributed by atoms with Crippen molar-refractivity contribution in [1.29, 1.82) is 0 Å². The molecule has 2 rings (SSSR count). The highest BCUT2D eigenvalue weighted by Gasteiger charge is 2.19. The van der Waals surface area contributed by atoms with E-state index in [0.717, 1.165) is 42.5 Å². The zero-order valence-corrected chi connectivity index (χ0v) is 16.8. The number of Topliss-reactive ketones (excluding diaryl/α,β-unsaturated/α-hetero) is 2. The van der Waals surface area contributed by atoms with Crippen molar-refractivity contribution in [2.24, 2.45) is 0 Å². The number of ketones is 2. The fourth-order valence-electron chi connectivity index (χ4n) is 3.22. The summed E-state index contributed by atoms with van der Waals surface area (Å²) in [7, 11) is 1.87. The van der Waals surface area contributed by atoms with E-state index in [9.17, 15) is 14.4 Å². The van der Waals surface area contributed by atoms with E-state index < -0.39 is 0 Å². The minimum atomic E-state index is -0.200. The molecule has 1 aromatic rings. The van der Waals surface area contributed by atoms with Gasteiger partial charge in [0.05, 0.1) is 0 Å². The molecule has 1 amide bonds. The zero-order chi connectivity index (χ0) is 20.4. The maximum absolute atomic E-state index is 12.8. The first-order chi connectivity index (χ1) is 13.5. The predicted octanol–water partition coefficient (Wildman–Crippen LogP) is 2.92. The van der Waals surface area contributed by atoms with Crippen molar-refractivity contribution < 1.29 is 19.1 Å². The first-order valence-electron chi connectivity index (χ1n) is 9.88. The molecule has 0 atom stereocenters. The van der Waals surface area contributed by atoms with Gasteiger partial charge < -0.3 is 20.2 Å². The van der Waals surface area contributed by atoms with Crippen LogP contribution in [0.1, 0.15) is 61.4 Å². The van der Waals surface area contributed by atoms with Crippen LogP contribution in [0.15, 0.2) is 35.5 Å². The molecule has 0 radical (unpaired) electrons. The van der Waals surface area contributed by atoms with E-state index in [1.54, 1.807) is 0 Å². The summed E-state index contributed by atoms with van der Waals surface area (Å²) in [6.07, 6.45) is 5.01. The second-order valence-corrected chi connectivity index (χ2v) is 7.08. The number of carbonyl (C=O) groups excluding carboxylic acids is 3. The van der Waals surface area contributed by atoms with Crippen molar-refractivity contribution >= 4 is 17.5 Å². The summed E-state index contributed by atoms with van der Waals surface area (Å²) in [6.45, 7) is 2.30. The predicted molar refractivity (Wildman–Crippen MR) is 108 cm³/mol. The van der Waals surface area contributed by atoms with Gasteiger partial charge >= 0.3 is 0 Å². The Labute approximate surface area is 166 Å². The van der Waals surface area contributed by atoms with Crippen LogP contribution in [0.3, 0.4) is 0 Å². The van der Waals surface area contributed by atoms with Crippen LogP contribution in [-0.4, -0.2) is 37.7 Å². The number of allylic oxidation sites excluding steroid dienone is 2. The molecule has 0 aliphatic heterocycles. The van der Waals surface area contributed by atoms with Crippen molar-refractivity contribution in [2.45, 2.75) is 52.0 Å². The minimum absolute atomic E-state index is 0.0184. The van der Waals surface area contributed by atoms with Crippen molar-refractivity contribution in [3.05, 3.63) is 46.7 Å². The Morgan fingerprint density at radius 1 is 1.07 bits per heavy atom. The molecule has 0 bridgehead atoms. The molecule has 0 saturated carbocycles. The molecule has 28 heavy (non-hydrogen) atoms. The van der Waals surface area contributed by atoms with E-state index in [2.05, 4.69) is 10.6 Å². The number of amides is 1. The van der Waals surface area contributed by atoms with Crippen LogP contribution in [0, 0.1) is 0 Å². The Bertz CT molecular complexity index is 723. The molecule has 152 valence electrons. The second-order valence-electron chi connectivity index (χ2n) is 7.08. The third-order valence-corrected chi connectivity index (χ3v) is 4.80. The monoisotopic (exact) mass is 386 g/mol. The SMILES string of the molecule is CNC1=C(C(=O)c2ccc(CNC(=O)COCCCC(C)=O)cc2)CCCC1. The Hall–Kier alpha value is -2.47. The summed E-state index contributed by atoms with van der Waals surface area (Å²) >= 11 is 0. The van der Waals surface area contributed by atoms with Crippen LogP contribution in [-0.2, 0) is 20.9 Å². The molecule has 6 nitrogen and oxygen atoms in total. The summed E-state index contributed by atoms with van der Waals surface area (Å²) < 4.78 is 5.25. The normalized spacial score (nSPS) is 13.9. The smallest absolute Gasteiger partial charge is 0.246 e. The molecule has 1 aliphatic rings. The lowest BCUT2D eigenvalue weighted by Crippen LogP contribution is -2.27. The van der Waals surface area contributed by atoms with Crippen LogP contribution < -0.4 is 10.6 Å². The van der Waals surface area contributed by atoms with Gasteiger partial charge in [-0.25, -0.2) is 0 Å². The molecule has 0 saturated heterocycles. The van der Waals surface area contributed by atoms with Crippen LogP contribution in [0.5, 0.6) is 0 Å². The largest absolute Gasteiger partial charge is 0.391 e. The van der Waals surface area contributed by atoms with Gasteiger partial charge in [-0.05, 0) is 44.6 Å². The number of benzene rings is 1. The van der Waals surface area contributed by atoms with Gasteiger partial charge in [0.25, 0.3) is 0 Å². The van der Waals surface area contributed by atoms with E-state index >= 15 is 0 Å². The van der Waals surface area contributed by atoms with Crippen LogP contribution in [0.4, 0.5) is 0 Å². The molecule has 1 aromatic carbocycles. The molecule has 0 heterocycles. The van der Waals surface area contributed by atoms with Gasteiger partial charge in [-0.1, -0.05) is 24.3 Å². The summed E-state index contributed by atoms with van der Waals surface area (Å²) in [6, 6.07) is 7.36. The van der Waals surface area contributed by atoms with E-state index in [1.807, 2.05) is 31.3 Å². The molecular formula is C22H30N2O4. The third-order valence-electron chi connectivity index (χ3n) is 4.80. The Balaban J connectivity index is 1.79. The van der Waals surface area contributed by atoms with Crippen molar-refractivity contribution in [3.63, 3.8) is 0 Å². The molecule has 6 heteroatoms. The summed E-state index contributed by atoms with van der Waals surface area (Å²) in [5.41, 5.74) is 3.54. The van der Waals surface area contributed by atoms with E-state index in [1.165, 1.54) is 6.92 Å². The van der Waals surface area contributed by atoms with Gasteiger partial charge in [-0.15, -0.1) is 0 Å². The average molecular weight is 386 g/mol. The van der Waals surface area contributed by atoms with Crippen molar-refractivity contribution in [2.75, 3.05) is 20.3 Å². The van der Waals surface area contributed by atoms with Crippen molar-refractivity contribution in [1.82, 2.24) is 10.6 Å². The van der Waals surface area contributed by atoms with E-state index in [0.29, 0.717) is 31.6 Å². The topological polar surface area (TPSA) is 84.5 Å². The number of nitrogens with one attached hydrogen (secondary N) is 2. The second kappa shape index (κ2) is 11.4. The quantitative estimate of drug-likeness (QED) is 0.451. The maximum atomic E-state index is 12.8. The number of hydrogen-bond acceptors (Lipinski definition) is 5. The zero-order valence-electron chi connectivity index (χ0n) is 16.8. The highest BCUT2D eigenvalue weighted by Crippen LogP contribution is 2.25. The maximum Gasteiger partial charge on any atom is 0.246 e. The van der Waals surface area contributed by atoms with E-state index in [-0.39, 0.29) is 24.1 Å². The highest BCUT2D eigenvalue weighted by atomic mass is 16.5. The Kier molecular flexibility index (Phi) is 8.88. The number of ether oxygens (including phenoxy) is 1. The molecule has 2 N–H and O–H groups in total. The lowest BCUT2D eigenvalue weighted by atomic mass is 9.90. The van der Waals surface area contributed by atoms with Gasteiger partial charge in [0.2, 0.25) is 5.91 Å². The lowest BCUT2D eigenvalue weighted by molar-refractivity contribution is -0.125. The average Bonchev–Trinajstić information content (AvgIpc) is 2.71. The van der Waals surface area contributed by atoms with Crippen molar-refractivity contribution in [3.8, 4) is 0 Å². The summed E-state index contributed by atoms with van der Waals surface area (Å²) in [5.74, 6) is 0.00420. The number of hydrogen-bond donors (Lipinski definition) is 2. The van der Waals surface area contributed by atoms with Gasteiger partial charge in [-0.3, -0.25) is 9.59 Å². The van der Waals surface area contributed by atoms with E-state index in [4.69, 9.17) is 4.74 Å². The summed E-state index contributed by atoms with van der Waals surface area (Å²) in [4.78, 5) is 35.4. The molecule has 0 fully saturated rings. The lowest BCUT2D eigenvalue weighted by Gasteiger charge is -2.19. The molecule has 0 unspecified atom stereocenters. The standard InChI is InChI=1S/C22H30N2O4/c1-16(25)6-5-13-28-15-21(26)24-14-17-9-11-18(12-10-17)22(27)19-7-3-4-8-20(19)23-2/h9-12,23H,3-8,13-15H2,1-2H3,(H,24,26).